The quantitative estimate of drug-likeness (QED) is 0.828. The van der Waals surface area contributed by atoms with Gasteiger partial charge in [-0.2, -0.15) is 13.2 Å². The largest absolute Gasteiger partial charge is 0.416 e. The SMILES string of the molecule is O=C(CNc1ccc(C(F)(F)F)cc1)Nc1cccc(Br)c1. The number of hydrogen-bond donors (Lipinski definition) is 2. The van der Waals surface area contributed by atoms with Crippen LogP contribution in [0.3, 0.4) is 0 Å². The summed E-state index contributed by atoms with van der Waals surface area (Å²) in [6.07, 6.45) is -4.36. The van der Waals surface area contributed by atoms with Crippen molar-refractivity contribution in [2.45, 2.75) is 6.18 Å². The summed E-state index contributed by atoms with van der Waals surface area (Å²) >= 11 is 3.29. The van der Waals surface area contributed by atoms with Gasteiger partial charge in [0, 0.05) is 15.8 Å². The van der Waals surface area contributed by atoms with E-state index in [0.29, 0.717) is 11.4 Å². The summed E-state index contributed by atoms with van der Waals surface area (Å²) < 4.78 is 38.1. The maximum atomic E-state index is 12.4. The average Bonchev–Trinajstić information content (AvgIpc) is 2.45. The van der Waals surface area contributed by atoms with Gasteiger partial charge in [0.05, 0.1) is 12.1 Å². The molecule has 0 fully saturated rings. The van der Waals surface area contributed by atoms with Gasteiger partial charge in [0.2, 0.25) is 5.91 Å². The van der Waals surface area contributed by atoms with Crippen molar-refractivity contribution in [1.29, 1.82) is 0 Å². The van der Waals surface area contributed by atoms with Gasteiger partial charge in [-0.1, -0.05) is 22.0 Å². The molecule has 0 aliphatic rings. The summed E-state index contributed by atoms with van der Waals surface area (Å²) in [5.74, 6) is -0.294. The fourth-order valence-electron chi connectivity index (χ4n) is 1.73. The number of rotatable bonds is 4. The molecule has 3 nitrogen and oxygen atoms in total. The van der Waals surface area contributed by atoms with Crippen molar-refractivity contribution in [3.8, 4) is 0 Å². The van der Waals surface area contributed by atoms with Crippen molar-refractivity contribution in [2.24, 2.45) is 0 Å². The van der Waals surface area contributed by atoms with Gasteiger partial charge < -0.3 is 10.6 Å². The highest BCUT2D eigenvalue weighted by atomic mass is 79.9. The van der Waals surface area contributed by atoms with Crippen LogP contribution >= 0.6 is 15.9 Å². The Morgan fingerprint density at radius 1 is 1.05 bits per heavy atom. The van der Waals surface area contributed by atoms with Crippen LogP contribution in [0.4, 0.5) is 24.5 Å². The van der Waals surface area contributed by atoms with Crippen LogP contribution in [0.25, 0.3) is 0 Å². The predicted molar refractivity (Wildman–Crippen MR) is 82.7 cm³/mol. The van der Waals surface area contributed by atoms with Crippen molar-refractivity contribution in [3.63, 3.8) is 0 Å². The molecule has 0 bridgehead atoms. The fourth-order valence-corrected chi connectivity index (χ4v) is 2.13. The van der Waals surface area contributed by atoms with Crippen molar-refractivity contribution < 1.29 is 18.0 Å². The van der Waals surface area contributed by atoms with E-state index in [2.05, 4.69) is 26.6 Å². The molecule has 22 heavy (non-hydrogen) atoms. The molecule has 0 saturated carbocycles. The molecule has 7 heteroatoms. The Kier molecular flexibility index (Phi) is 5.07. The van der Waals surface area contributed by atoms with Crippen LogP contribution in [0.5, 0.6) is 0 Å². The predicted octanol–water partition coefficient (Wildman–Crippen LogP) is 4.52. The van der Waals surface area contributed by atoms with Gasteiger partial charge >= 0.3 is 6.18 Å². The second-order valence-corrected chi connectivity index (χ2v) is 5.40. The number of anilines is 2. The Labute approximate surface area is 133 Å². The van der Waals surface area contributed by atoms with Crippen molar-refractivity contribution in [2.75, 3.05) is 17.2 Å². The van der Waals surface area contributed by atoms with Crippen LogP contribution in [-0.2, 0) is 11.0 Å². The lowest BCUT2D eigenvalue weighted by Gasteiger charge is -2.10. The van der Waals surface area contributed by atoms with Gasteiger partial charge in [-0.3, -0.25) is 4.79 Å². The third kappa shape index (κ3) is 4.77. The minimum Gasteiger partial charge on any atom is -0.376 e. The summed E-state index contributed by atoms with van der Waals surface area (Å²) in [5.41, 5.74) is 0.350. The summed E-state index contributed by atoms with van der Waals surface area (Å²) in [5, 5.41) is 5.44. The maximum absolute atomic E-state index is 12.4. The molecule has 2 N–H and O–H groups in total. The van der Waals surface area contributed by atoms with Crippen LogP contribution in [0.2, 0.25) is 0 Å². The van der Waals surface area contributed by atoms with E-state index >= 15 is 0 Å². The molecule has 0 aliphatic carbocycles. The van der Waals surface area contributed by atoms with E-state index in [1.807, 2.05) is 6.07 Å². The highest BCUT2D eigenvalue weighted by molar-refractivity contribution is 9.10. The van der Waals surface area contributed by atoms with Gasteiger partial charge in [-0.15, -0.1) is 0 Å². The molecule has 0 spiro atoms. The van der Waals surface area contributed by atoms with Gasteiger partial charge in [0.25, 0.3) is 0 Å². The lowest BCUT2D eigenvalue weighted by Crippen LogP contribution is -2.21. The molecule has 0 aliphatic heterocycles. The molecule has 1 amide bonds. The Bertz CT molecular complexity index is 657. The van der Waals surface area contributed by atoms with Crippen molar-refractivity contribution in [3.05, 3.63) is 58.6 Å². The van der Waals surface area contributed by atoms with Crippen molar-refractivity contribution >= 4 is 33.2 Å². The van der Waals surface area contributed by atoms with E-state index in [4.69, 9.17) is 0 Å². The number of amides is 1. The number of halogens is 4. The summed E-state index contributed by atoms with van der Waals surface area (Å²) in [4.78, 5) is 11.8. The first-order chi connectivity index (χ1) is 10.3. The number of hydrogen-bond acceptors (Lipinski definition) is 2. The van der Waals surface area contributed by atoms with Crippen LogP contribution < -0.4 is 10.6 Å². The minimum absolute atomic E-state index is 0.0438. The molecule has 0 aromatic heterocycles. The number of alkyl halides is 3. The van der Waals surface area contributed by atoms with Gasteiger partial charge in [0.1, 0.15) is 0 Å². The summed E-state index contributed by atoms with van der Waals surface area (Å²) in [7, 11) is 0. The Morgan fingerprint density at radius 2 is 1.73 bits per heavy atom. The first kappa shape index (κ1) is 16.4. The molecule has 0 radical (unpaired) electrons. The van der Waals surface area contributed by atoms with E-state index in [1.54, 1.807) is 18.2 Å². The zero-order valence-electron chi connectivity index (χ0n) is 11.2. The number of nitrogens with one attached hydrogen (secondary N) is 2. The maximum Gasteiger partial charge on any atom is 0.416 e. The first-order valence-corrected chi connectivity index (χ1v) is 7.10. The second-order valence-electron chi connectivity index (χ2n) is 4.49. The Hall–Kier alpha value is -2.02. The normalized spacial score (nSPS) is 11.1. The lowest BCUT2D eigenvalue weighted by atomic mass is 10.2. The van der Waals surface area contributed by atoms with Crippen molar-refractivity contribution in [1.82, 2.24) is 0 Å². The number of carbonyl (C=O) groups is 1. The number of benzene rings is 2. The topological polar surface area (TPSA) is 41.1 Å². The summed E-state index contributed by atoms with van der Waals surface area (Å²) in [6.45, 7) is -0.0438. The molecule has 116 valence electrons. The van der Waals surface area contributed by atoms with E-state index in [9.17, 15) is 18.0 Å². The van der Waals surface area contributed by atoms with E-state index in [1.165, 1.54) is 12.1 Å². The zero-order chi connectivity index (χ0) is 16.2. The van der Waals surface area contributed by atoms with E-state index in [-0.39, 0.29) is 12.5 Å². The third-order valence-corrected chi connectivity index (χ3v) is 3.27. The molecule has 0 atom stereocenters. The van der Waals surface area contributed by atoms with Gasteiger partial charge in [-0.25, -0.2) is 0 Å². The van der Waals surface area contributed by atoms with Gasteiger partial charge in [0.15, 0.2) is 0 Å². The van der Waals surface area contributed by atoms with E-state index in [0.717, 1.165) is 16.6 Å². The second kappa shape index (κ2) is 6.83. The number of carbonyl (C=O) groups excluding carboxylic acids is 1. The molecular formula is C15H12BrF3N2O. The van der Waals surface area contributed by atoms with Crippen LogP contribution in [0.1, 0.15) is 5.56 Å². The standard InChI is InChI=1S/C15H12BrF3N2O/c16-11-2-1-3-13(8-11)21-14(22)9-20-12-6-4-10(5-7-12)15(17,18)19/h1-8,20H,9H2,(H,21,22). The molecule has 0 saturated heterocycles. The summed E-state index contributed by atoms with van der Waals surface area (Å²) in [6, 6.07) is 11.6. The highest BCUT2D eigenvalue weighted by Crippen LogP contribution is 2.29. The minimum atomic E-state index is -4.36. The molecule has 2 rings (SSSR count). The molecule has 0 unspecified atom stereocenters. The average molecular weight is 373 g/mol. The van der Waals surface area contributed by atoms with Crippen LogP contribution in [0, 0.1) is 0 Å². The monoisotopic (exact) mass is 372 g/mol. The zero-order valence-corrected chi connectivity index (χ0v) is 12.8. The third-order valence-electron chi connectivity index (χ3n) is 2.77. The van der Waals surface area contributed by atoms with Crippen LogP contribution in [0.15, 0.2) is 53.0 Å². The molecule has 0 heterocycles. The Balaban J connectivity index is 1.88. The smallest absolute Gasteiger partial charge is 0.376 e. The van der Waals surface area contributed by atoms with Crippen LogP contribution in [-0.4, -0.2) is 12.5 Å². The first-order valence-electron chi connectivity index (χ1n) is 6.31. The molecular weight excluding hydrogens is 361 g/mol. The highest BCUT2D eigenvalue weighted by Gasteiger charge is 2.29. The van der Waals surface area contributed by atoms with Gasteiger partial charge in [-0.05, 0) is 42.5 Å². The fraction of sp³-hybridized carbons (Fsp3) is 0.133. The molecule has 2 aromatic carbocycles. The Morgan fingerprint density at radius 3 is 2.32 bits per heavy atom. The molecule has 2 aromatic rings. The lowest BCUT2D eigenvalue weighted by molar-refractivity contribution is -0.137. The van der Waals surface area contributed by atoms with E-state index < -0.39 is 11.7 Å².